The predicted octanol–water partition coefficient (Wildman–Crippen LogP) is 0.342. The maximum Gasteiger partial charge on any atom is 0.331 e. The zero-order valence-corrected chi connectivity index (χ0v) is 9.38. The van der Waals surface area contributed by atoms with Crippen molar-refractivity contribution in [3.05, 3.63) is 29.6 Å². The van der Waals surface area contributed by atoms with Crippen LogP contribution in [0.1, 0.15) is 0 Å². The summed E-state index contributed by atoms with van der Waals surface area (Å²) in [6.07, 6.45) is 0. The Kier molecular flexibility index (Phi) is 2.62. The molecule has 4 nitrogen and oxygen atoms in total. The quantitative estimate of drug-likeness (QED) is 0.512. The summed E-state index contributed by atoms with van der Waals surface area (Å²) >= 11 is 7.51. The molecule has 0 radical (unpaired) electrons. The molecule has 0 N–H and O–H groups in total. The van der Waals surface area contributed by atoms with E-state index in [-0.39, 0.29) is 10.7 Å². The number of nitrogens with zero attached hydrogens (tertiary/aromatic N) is 2. The van der Waals surface area contributed by atoms with E-state index in [0.717, 1.165) is 4.57 Å². The van der Waals surface area contributed by atoms with Gasteiger partial charge in [0.25, 0.3) is 5.56 Å². The topological polar surface area (TPSA) is 44.0 Å². The minimum absolute atomic E-state index is 0.0835. The van der Waals surface area contributed by atoms with Crippen LogP contribution in [0.25, 0.3) is 0 Å². The predicted molar refractivity (Wildman–Crippen MR) is 54.7 cm³/mol. The van der Waals surface area contributed by atoms with E-state index < -0.39 is 5.56 Å². The van der Waals surface area contributed by atoms with E-state index in [2.05, 4.69) is 0 Å². The lowest BCUT2D eigenvalue weighted by atomic mass is 10.6. The SMILES string of the molecule is Cn1c(I)c(Cl)c(=O)n(C)c1=O. The lowest BCUT2D eigenvalue weighted by molar-refractivity contribution is 0.672. The highest BCUT2D eigenvalue weighted by molar-refractivity contribution is 14.1. The minimum atomic E-state index is -0.454. The Hall–Kier alpha value is -0.300. The van der Waals surface area contributed by atoms with Gasteiger partial charge in [0.05, 0.1) is 0 Å². The molecule has 1 rings (SSSR count). The first-order chi connectivity index (χ1) is 5.46. The van der Waals surface area contributed by atoms with Gasteiger partial charge >= 0.3 is 5.69 Å². The van der Waals surface area contributed by atoms with Crippen LogP contribution in [-0.4, -0.2) is 9.13 Å². The summed E-state index contributed by atoms with van der Waals surface area (Å²) in [5.74, 6) is 0. The van der Waals surface area contributed by atoms with E-state index in [1.54, 1.807) is 7.05 Å². The second kappa shape index (κ2) is 3.21. The molecule has 0 saturated carbocycles. The molecule has 0 spiro atoms. The number of halogens is 2. The smallest absolute Gasteiger partial charge is 0.290 e. The molecule has 0 unspecified atom stereocenters. The molecule has 66 valence electrons. The molecular weight excluding hydrogens is 294 g/mol. The Morgan fingerprint density at radius 3 is 2.25 bits per heavy atom. The molecule has 1 aromatic heterocycles. The molecule has 1 aromatic rings. The number of aromatic nitrogens is 2. The molecule has 0 amide bonds. The molecule has 12 heavy (non-hydrogen) atoms. The molecule has 6 heteroatoms. The van der Waals surface area contributed by atoms with Crippen LogP contribution in [0.3, 0.4) is 0 Å². The molecular formula is C6H6ClIN2O2. The van der Waals surface area contributed by atoms with E-state index >= 15 is 0 Å². The normalized spacial score (nSPS) is 10.3. The zero-order valence-electron chi connectivity index (χ0n) is 6.47. The van der Waals surface area contributed by atoms with Gasteiger partial charge < -0.3 is 0 Å². The summed E-state index contributed by atoms with van der Waals surface area (Å²) in [7, 11) is 2.96. The van der Waals surface area contributed by atoms with Crippen molar-refractivity contribution in [2.75, 3.05) is 0 Å². The summed E-state index contributed by atoms with van der Waals surface area (Å²) in [6.45, 7) is 0. The standard InChI is InChI=1S/C6H6ClIN2O2/c1-9-4(8)3(7)5(11)10(2)6(9)12/h1-2H3. The molecule has 0 aliphatic rings. The van der Waals surface area contributed by atoms with Gasteiger partial charge in [-0.1, -0.05) is 11.6 Å². The van der Waals surface area contributed by atoms with Crippen molar-refractivity contribution in [1.29, 1.82) is 0 Å². The van der Waals surface area contributed by atoms with Gasteiger partial charge in [-0.25, -0.2) is 4.79 Å². The third-order valence-electron chi connectivity index (χ3n) is 1.54. The van der Waals surface area contributed by atoms with E-state index in [1.165, 1.54) is 11.6 Å². The van der Waals surface area contributed by atoms with E-state index in [9.17, 15) is 9.59 Å². The van der Waals surface area contributed by atoms with Gasteiger partial charge in [-0.2, -0.15) is 0 Å². The van der Waals surface area contributed by atoms with Crippen molar-refractivity contribution in [1.82, 2.24) is 9.13 Å². The van der Waals surface area contributed by atoms with Gasteiger partial charge in [-0.15, -0.1) is 0 Å². The van der Waals surface area contributed by atoms with Crippen LogP contribution in [0.15, 0.2) is 9.59 Å². The van der Waals surface area contributed by atoms with E-state index in [1.807, 2.05) is 22.6 Å². The fourth-order valence-electron chi connectivity index (χ4n) is 0.779. The van der Waals surface area contributed by atoms with Crippen LogP contribution in [0.5, 0.6) is 0 Å². The summed E-state index contributed by atoms with van der Waals surface area (Å²) in [5, 5.41) is 0.0835. The highest BCUT2D eigenvalue weighted by Gasteiger charge is 2.09. The monoisotopic (exact) mass is 300 g/mol. The largest absolute Gasteiger partial charge is 0.331 e. The van der Waals surface area contributed by atoms with Crippen LogP contribution >= 0.6 is 34.2 Å². The van der Waals surface area contributed by atoms with E-state index in [0.29, 0.717) is 3.70 Å². The number of hydrogen-bond donors (Lipinski definition) is 0. The number of rotatable bonds is 0. The Bertz CT molecular complexity index is 397. The van der Waals surface area contributed by atoms with Crippen molar-refractivity contribution in [3.8, 4) is 0 Å². The lowest BCUT2D eigenvalue weighted by Crippen LogP contribution is -2.38. The maximum atomic E-state index is 11.2. The Balaban J connectivity index is 3.86. The van der Waals surface area contributed by atoms with Crippen molar-refractivity contribution >= 4 is 34.2 Å². The first-order valence-corrected chi connectivity index (χ1v) is 4.53. The van der Waals surface area contributed by atoms with Crippen LogP contribution in [0.2, 0.25) is 5.02 Å². The van der Waals surface area contributed by atoms with Crippen LogP contribution in [0, 0.1) is 3.70 Å². The van der Waals surface area contributed by atoms with Gasteiger partial charge in [-0.05, 0) is 22.6 Å². The molecule has 0 bridgehead atoms. The van der Waals surface area contributed by atoms with Gasteiger partial charge in [0, 0.05) is 14.1 Å². The Morgan fingerprint density at radius 2 is 1.75 bits per heavy atom. The summed E-state index contributed by atoms with van der Waals surface area (Å²) in [5.41, 5.74) is -0.821. The van der Waals surface area contributed by atoms with Gasteiger partial charge in [-0.3, -0.25) is 13.9 Å². The van der Waals surface area contributed by atoms with Crippen LogP contribution in [-0.2, 0) is 14.1 Å². The fourth-order valence-corrected chi connectivity index (χ4v) is 1.47. The van der Waals surface area contributed by atoms with E-state index in [4.69, 9.17) is 11.6 Å². The Labute approximate surface area is 86.9 Å². The average molecular weight is 300 g/mol. The summed E-state index contributed by atoms with van der Waals surface area (Å²) < 4.78 is 2.76. The molecule has 0 aliphatic heterocycles. The third-order valence-corrected chi connectivity index (χ3v) is 3.46. The zero-order chi connectivity index (χ0) is 9.46. The van der Waals surface area contributed by atoms with Gasteiger partial charge in [0.15, 0.2) is 0 Å². The molecule has 1 heterocycles. The van der Waals surface area contributed by atoms with Crippen LogP contribution < -0.4 is 11.2 Å². The highest BCUT2D eigenvalue weighted by Crippen LogP contribution is 2.09. The highest BCUT2D eigenvalue weighted by atomic mass is 127. The van der Waals surface area contributed by atoms with Crippen LogP contribution in [0.4, 0.5) is 0 Å². The maximum absolute atomic E-state index is 11.2. The minimum Gasteiger partial charge on any atom is -0.290 e. The first kappa shape index (κ1) is 9.79. The second-order valence-electron chi connectivity index (χ2n) is 2.31. The van der Waals surface area contributed by atoms with Gasteiger partial charge in [0.2, 0.25) is 0 Å². The average Bonchev–Trinajstić information content (AvgIpc) is 2.08. The molecule has 0 aliphatic carbocycles. The second-order valence-corrected chi connectivity index (χ2v) is 3.71. The summed E-state index contributed by atoms with van der Waals surface area (Å²) in [4.78, 5) is 22.4. The van der Waals surface area contributed by atoms with Crippen molar-refractivity contribution in [2.24, 2.45) is 14.1 Å². The Morgan fingerprint density at radius 1 is 1.25 bits per heavy atom. The third kappa shape index (κ3) is 1.31. The lowest BCUT2D eigenvalue weighted by Gasteiger charge is -2.05. The van der Waals surface area contributed by atoms with Gasteiger partial charge in [0.1, 0.15) is 8.72 Å². The van der Waals surface area contributed by atoms with Crippen molar-refractivity contribution in [3.63, 3.8) is 0 Å². The van der Waals surface area contributed by atoms with Crippen molar-refractivity contribution < 1.29 is 0 Å². The molecule has 0 fully saturated rings. The molecule has 0 saturated heterocycles. The fraction of sp³-hybridized carbons (Fsp3) is 0.333. The van der Waals surface area contributed by atoms with Crippen molar-refractivity contribution in [2.45, 2.75) is 0 Å². The summed E-state index contributed by atoms with van der Waals surface area (Å²) in [6, 6.07) is 0. The first-order valence-electron chi connectivity index (χ1n) is 3.08. The number of hydrogen-bond acceptors (Lipinski definition) is 2. The molecule has 0 aromatic carbocycles. The molecule has 0 atom stereocenters.